The van der Waals surface area contributed by atoms with Gasteiger partial charge in [-0.15, -0.1) is 0 Å². The average Bonchev–Trinajstić information content (AvgIpc) is 3.04. The molecule has 1 aromatic carbocycles. The SMILES string of the molecule is Cc1c(Cl)cncc1CC(NC1=NCCO1)c1cccc(Cl)c1. The molecule has 2 aromatic rings. The largest absolute Gasteiger partial charge is 0.463 e. The first-order chi connectivity index (χ1) is 11.1. The van der Waals surface area contributed by atoms with E-state index in [-0.39, 0.29) is 6.04 Å². The van der Waals surface area contributed by atoms with Gasteiger partial charge in [0.1, 0.15) is 6.61 Å². The molecule has 3 rings (SSSR count). The van der Waals surface area contributed by atoms with Gasteiger partial charge in [0.25, 0.3) is 6.02 Å². The Morgan fingerprint density at radius 1 is 1.30 bits per heavy atom. The van der Waals surface area contributed by atoms with E-state index in [9.17, 15) is 0 Å². The minimum Gasteiger partial charge on any atom is -0.463 e. The van der Waals surface area contributed by atoms with Crippen LogP contribution in [0.25, 0.3) is 0 Å². The summed E-state index contributed by atoms with van der Waals surface area (Å²) in [5.41, 5.74) is 3.17. The first-order valence-electron chi connectivity index (χ1n) is 7.41. The number of aliphatic imine (C=N–C) groups is 1. The highest BCUT2D eigenvalue weighted by Crippen LogP contribution is 2.25. The molecule has 0 saturated carbocycles. The number of hydrogen-bond acceptors (Lipinski definition) is 4. The lowest BCUT2D eigenvalue weighted by molar-refractivity contribution is 0.325. The third-order valence-electron chi connectivity index (χ3n) is 3.82. The summed E-state index contributed by atoms with van der Waals surface area (Å²) in [5.74, 6) is 0. The third kappa shape index (κ3) is 3.95. The van der Waals surface area contributed by atoms with Crippen LogP contribution in [0.15, 0.2) is 41.7 Å². The van der Waals surface area contributed by atoms with E-state index in [1.54, 1.807) is 6.20 Å². The second-order valence-corrected chi connectivity index (χ2v) is 6.24. The molecule has 120 valence electrons. The number of halogens is 2. The Kier molecular flexibility index (Phi) is 5.03. The van der Waals surface area contributed by atoms with Crippen LogP contribution in [0.2, 0.25) is 10.0 Å². The number of hydrogen-bond donors (Lipinski definition) is 1. The van der Waals surface area contributed by atoms with Gasteiger partial charge in [0, 0.05) is 17.4 Å². The Labute approximate surface area is 145 Å². The van der Waals surface area contributed by atoms with Crippen molar-refractivity contribution in [2.45, 2.75) is 19.4 Å². The molecule has 1 N–H and O–H groups in total. The molecule has 0 aliphatic carbocycles. The van der Waals surface area contributed by atoms with Gasteiger partial charge in [0.05, 0.1) is 17.6 Å². The number of rotatable bonds is 4. The molecule has 0 amide bonds. The smallest absolute Gasteiger partial charge is 0.285 e. The van der Waals surface area contributed by atoms with Gasteiger partial charge in [0.15, 0.2) is 0 Å². The van der Waals surface area contributed by atoms with Gasteiger partial charge in [-0.05, 0) is 42.2 Å². The number of pyridine rings is 1. The molecule has 1 atom stereocenters. The fraction of sp³-hybridized carbons (Fsp3) is 0.294. The minimum absolute atomic E-state index is 0.0236. The van der Waals surface area contributed by atoms with E-state index in [4.69, 9.17) is 27.9 Å². The summed E-state index contributed by atoms with van der Waals surface area (Å²) in [5, 5.41) is 4.72. The Hall–Kier alpha value is -1.78. The normalized spacial score (nSPS) is 15.0. The van der Waals surface area contributed by atoms with Crippen LogP contribution >= 0.6 is 23.2 Å². The van der Waals surface area contributed by atoms with Crippen LogP contribution in [-0.2, 0) is 11.2 Å². The molecule has 4 nitrogen and oxygen atoms in total. The maximum Gasteiger partial charge on any atom is 0.285 e. The lowest BCUT2D eigenvalue weighted by atomic mass is 9.97. The zero-order valence-electron chi connectivity index (χ0n) is 12.7. The highest BCUT2D eigenvalue weighted by atomic mass is 35.5. The van der Waals surface area contributed by atoms with Crippen molar-refractivity contribution >= 4 is 29.2 Å². The van der Waals surface area contributed by atoms with Gasteiger partial charge in [-0.1, -0.05) is 35.3 Å². The van der Waals surface area contributed by atoms with Crippen molar-refractivity contribution in [3.63, 3.8) is 0 Å². The zero-order valence-corrected chi connectivity index (χ0v) is 14.2. The van der Waals surface area contributed by atoms with E-state index in [0.29, 0.717) is 35.6 Å². The average molecular weight is 350 g/mol. The molecule has 1 aliphatic rings. The van der Waals surface area contributed by atoms with Gasteiger partial charge in [-0.3, -0.25) is 4.98 Å². The molecule has 0 fully saturated rings. The zero-order chi connectivity index (χ0) is 16.2. The second kappa shape index (κ2) is 7.20. The molecular weight excluding hydrogens is 333 g/mol. The van der Waals surface area contributed by atoms with E-state index in [1.807, 2.05) is 37.4 Å². The predicted octanol–water partition coefficient (Wildman–Crippen LogP) is 3.96. The van der Waals surface area contributed by atoms with Crippen LogP contribution in [0.5, 0.6) is 0 Å². The first kappa shape index (κ1) is 16.1. The van der Waals surface area contributed by atoms with Gasteiger partial charge in [-0.2, -0.15) is 0 Å². The molecule has 0 spiro atoms. The molecule has 23 heavy (non-hydrogen) atoms. The van der Waals surface area contributed by atoms with E-state index in [1.165, 1.54) is 0 Å². The maximum atomic E-state index is 6.19. The highest BCUT2D eigenvalue weighted by molar-refractivity contribution is 6.31. The van der Waals surface area contributed by atoms with Gasteiger partial charge < -0.3 is 10.1 Å². The lowest BCUT2D eigenvalue weighted by Gasteiger charge is -2.21. The fourth-order valence-corrected chi connectivity index (χ4v) is 2.89. The Bertz CT molecular complexity index is 734. The Morgan fingerprint density at radius 2 is 2.17 bits per heavy atom. The summed E-state index contributed by atoms with van der Waals surface area (Å²) in [4.78, 5) is 8.51. The van der Waals surface area contributed by atoms with Crippen LogP contribution in [0, 0.1) is 6.92 Å². The number of aromatic nitrogens is 1. The molecular formula is C17H17Cl2N3O. The molecule has 0 saturated heterocycles. The highest BCUT2D eigenvalue weighted by Gasteiger charge is 2.19. The van der Waals surface area contributed by atoms with Crippen molar-refractivity contribution in [2.75, 3.05) is 13.2 Å². The summed E-state index contributed by atoms with van der Waals surface area (Å²) < 4.78 is 5.49. The van der Waals surface area contributed by atoms with E-state index >= 15 is 0 Å². The minimum atomic E-state index is -0.0236. The van der Waals surface area contributed by atoms with Crippen LogP contribution in [0.3, 0.4) is 0 Å². The summed E-state index contributed by atoms with van der Waals surface area (Å²) >= 11 is 12.3. The van der Waals surface area contributed by atoms with Crippen LogP contribution in [-0.4, -0.2) is 24.2 Å². The molecule has 0 bridgehead atoms. The van der Waals surface area contributed by atoms with Crippen molar-refractivity contribution in [3.05, 3.63) is 63.4 Å². The molecule has 1 aromatic heterocycles. The monoisotopic (exact) mass is 349 g/mol. The van der Waals surface area contributed by atoms with E-state index < -0.39 is 0 Å². The maximum absolute atomic E-state index is 6.19. The number of benzene rings is 1. The van der Waals surface area contributed by atoms with E-state index in [0.717, 1.165) is 16.7 Å². The molecule has 6 heteroatoms. The van der Waals surface area contributed by atoms with Crippen LogP contribution in [0.4, 0.5) is 0 Å². The van der Waals surface area contributed by atoms with Crippen LogP contribution in [0.1, 0.15) is 22.7 Å². The first-order valence-corrected chi connectivity index (χ1v) is 8.17. The number of ether oxygens (including phenoxy) is 1. The Morgan fingerprint density at radius 3 is 2.91 bits per heavy atom. The predicted molar refractivity (Wildman–Crippen MR) is 93.3 cm³/mol. The van der Waals surface area contributed by atoms with Gasteiger partial charge in [0.2, 0.25) is 0 Å². The molecule has 2 heterocycles. The summed E-state index contributed by atoms with van der Waals surface area (Å²) in [6, 6.07) is 8.33. The number of amidine groups is 1. The quantitative estimate of drug-likeness (QED) is 0.908. The standard InChI is InChI=1S/C17H17Cl2N3O/c1-11-13(9-20-10-15(11)19)8-16(22-17-21-5-6-23-17)12-3-2-4-14(18)7-12/h2-4,7,9-10,16H,5-6,8H2,1H3,(H,21,22). The van der Waals surface area contributed by atoms with Crippen molar-refractivity contribution < 1.29 is 4.74 Å². The number of nitrogens with one attached hydrogen (secondary N) is 1. The third-order valence-corrected chi connectivity index (χ3v) is 4.43. The van der Waals surface area contributed by atoms with Gasteiger partial charge in [-0.25, -0.2) is 4.99 Å². The second-order valence-electron chi connectivity index (χ2n) is 5.40. The van der Waals surface area contributed by atoms with Gasteiger partial charge >= 0.3 is 0 Å². The van der Waals surface area contributed by atoms with Crippen molar-refractivity contribution in [1.82, 2.24) is 10.3 Å². The van der Waals surface area contributed by atoms with Crippen molar-refractivity contribution in [3.8, 4) is 0 Å². The van der Waals surface area contributed by atoms with Crippen molar-refractivity contribution in [1.29, 1.82) is 0 Å². The lowest BCUT2D eigenvalue weighted by Crippen LogP contribution is -2.30. The molecule has 1 unspecified atom stereocenters. The fourth-order valence-electron chi connectivity index (χ4n) is 2.51. The van der Waals surface area contributed by atoms with E-state index in [2.05, 4.69) is 15.3 Å². The molecule has 1 aliphatic heterocycles. The molecule has 0 radical (unpaired) electrons. The van der Waals surface area contributed by atoms with Crippen molar-refractivity contribution in [2.24, 2.45) is 4.99 Å². The summed E-state index contributed by atoms with van der Waals surface area (Å²) in [6.45, 7) is 3.29. The summed E-state index contributed by atoms with van der Waals surface area (Å²) in [6.07, 6.45) is 4.21. The van der Waals surface area contributed by atoms with Crippen LogP contribution < -0.4 is 5.32 Å². The topological polar surface area (TPSA) is 46.5 Å². The number of nitrogens with zero attached hydrogens (tertiary/aromatic N) is 2. The summed E-state index contributed by atoms with van der Waals surface area (Å²) in [7, 11) is 0. The Balaban J connectivity index is 1.89.